The summed E-state index contributed by atoms with van der Waals surface area (Å²) < 4.78 is 4.91. The number of carbonyl (C=O) groups is 1. The molecule has 1 aromatic heterocycles. The molecule has 98 valence electrons. The average Bonchev–Trinajstić information content (AvgIpc) is 2.28. The predicted molar refractivity (Wildman–Crippen MR) is 74.6 cm³/mol. The highest BCUT2D eigenvalue weighted by Crippen LogP contribution is 2.14. The Hall–Kier alpha value is -1.69. The van der Waals surface area contributed by atoms with Crippen LogP contribution in [0, 0.1) is 6.92 Å². The monoisotopic (exact) mass is 267 g/mol. The molecule has 0 radical (unpaired) electrons. The lowest BCUT2D eigenvalue weighted by atomic mass is 10.2. The van der Waals surface area contributed by atoms with Crippen LogP contribution >= 0.6 is 12.2 Å². The molecule has 1 unspecified atom stereocenters. The summed E-state index contributed by atoms with van der Waals surface area (Å²) >= 11 is 4.94. The highest BCUT2D eigenvalue weighted by atomic mass is 32.1. The second-order valence-corrected chi connectivity index (χ2v) is 4.27. The van der Waals surface area contributed by atoms with Crippen molar-refractivity contribution in [3.63, 3.8) is 0 Å². The molecular formula is C12H17N3O2S. The van der Waals surface area contributed by atoms with Gasteiger partial charge in [0.25, 0.3) is 0 Å². The highest BCUT2D eigenvalue weighted by molar-refractivity contribution is 7.80. The molecule has 1 heterocycles. The van der Waals surface area contributed by atoms with Gasteiger partial charge in [-0.1, -0.05) is 12.2 Å². The number of hydrogen-bond acceptors (Lipinski definition) is 5. The van der Waals surface area contributed by atoms with Gasteiger partial charge < -0.3 is 15.8 Å². The Morgan fingerprint density at radius 3 is 2.83 bits per heavy atom. The van der Waals surface area contributed by atoms with Crippen LogP contribution in [0.1, 0.15) is 25.1 Å². The van der Waals surface area contributed by atoms with E-state index >= 15 is 0 Å². The van der Waals surface area contributed by atoms with Gasteiger partial charge in [-0.25, -0.2) is 9.78 Å². The molecule has 1 rings (SSSR count). The number of hydrogen-bond donors (Lipinski definition) is 2. The average molecular weight is 267 g/mol. The van der Waals surface area contributed by atoms with Gasteiger partial charge in [-0.05, 0) is 32.9 Å². The molecule has 0 amide bonds. The minimum absolute atomic E-state index is 0.237. The SMILES string of the molecule is CCOC(=O)C(C)Nc1nc(C)ccc1C(N)=S. The first kappa shape index (κ1) is 14.4. The maximum Gasteiger partial charge on any atom is 0.328 e. The van der Waals surface area contributed by atoms with Crippen LogP contribution in [-0.4, -0.2) is 28.6 Å². The van der Waals surface area contributed by atoms with Crippen molar-refractivity contribution < 1.29 is 9.53 Å². The highest BCUT2D eigenvalue weighted by Gasteiger charge is 2.16. The largest absolute Gasteiger partial charge is 0.464 e. The van der Waals surface area contributed by atoms with E-state index in [1.807, 2.05) is 13.0 Å². The molecule has 6 heteroatoms. The third-order valence-electron chi connectivity index (χ3n) is 2.29. The zero-order chi connectivity index (χ0) is 13.7. The number of esters is 1. The summed E-state index contributed by atoms with van der Waals surface area (Å²) in [6.07, 6.45) is 0. The first-order valence-corrected chi connectivity index (χ1v) is 6.07. The van der Waals surface area contributed by atoms with E-state index in [0.717, 1.165) is 5.69 Å². The fraction of sp³-hybridized carbons (Fsp3) is 0.417. The maximum atomic E-state index is 11.5. The van der Waals surface area contributed by atoms with Crippen molar-refractivity contribution in [1.82, 2.24) is 4.98 Å². The van der Waals surface area contributed by atoms with E-state index in [-0.39, 0.29) is 11.0 Å². The van der Waals surface area contributed by atoms with Crippen LogP contribution in [0.15, 0.2) is 12.1 Å². The van der Waals surface area contributed by atoms with E-state index in [1.54, 1.807) is 19.9 Å². The van der Waals surface area contributed by atoms with E-state index in [4.69, 9.17) is 22.7 Å². The van der Waals surface area contributed by atoms with Gasteiger partial charge in [0, 0.05) is 5.69 Å². The quantitative estimate of drug-likeness (QED) is 0.620. The molecule has 0 saturated heterocycles. The van der Waals surface area contributed by atoms with Crippen LogP contribution in [0.25, 0.3) is 0 Å². The fourth-order valence-corrected chi connectivity index (χ4v) is 1.56. The number of nitrogens with zero attached hydrogens (tertiary/aromatic N) is 1. The number of carbonyl (C=O) groups excluding carboxylic acids is 1. The summed E-state index contributed by atoms with van der Waals surface area (Å²) in [6.45, 7) is 5.65. The van der Waals surface area contributed by atoms with Crippen molar-refractivity contribution in [3.8, 4) is 0 Å². The third-order valence-corrected chi connectivity index (χ3v) is 2.51. The molecule has 0 aliphatic rings. The Labute approximate surface area is 112 Å². The van der Waals surface area contributed by atoms with E-state index in [1.165, 1.54) is 0 Å². The summed E-state index contributed by atoms with van der Waals surface area (Å²) in [5, 5.41) is 2.96. The van der Waals surface area contributed by atoms with Gasteiger partial charge >= 0.3 is 5.97 Å². The molecule has 18 heavy (non-hydrogen) atoms. The number of aryl methyl sites for hydroxylation is 1. The van der Waals surface area contributed by atoms with Crippen LogP contribution in [0.4, 0.5) is 5.82 Å². The Bertz CT molecular complexity index is 463. The molecule has 0 saturated carbocycles. The lowest BCUT2D eigenvalue weighted by Gasteiger charge is -2.16. The number of nitrogens with one attached hydrogen (secondary N) is 1. The smallest absolute Gasteiger partial charge is 0.328 e. The predicted octanol–water partition coefficient (Wildman–Crippen LogP) is 1.39. The standard InChI is InChI=1S/C12H17N3O2S/c1-4-17-12(16)8(3)15-11-9(10(13)18)6-5-7(2)14-11/h5-6,8H,4H2,1-3H3,(H2,13,18)(H,14,15). The van der Waals surface area contributed by atoms with Gasteiger partial charge in [0.05, 0.1) is 12.2 Å². The van der Waals surface area contributed by atoms with Crippen molar-refractivity contribution in [2.75, 3.05) is 11.9 Å². The second kappa shape index (κ2) is 6.30. The molecule has 5 nitrogen and oxygen atoms in total. The van der Waals surface area contributed by atoms with Crippen molar-refractivity contribution in [3.05, 3.63) is 23.4 Å². The van der Waals surface area contributed by atoms with Gasteiger partial charge in [0.15, 0.2) is 0 Å². The first-order valence-electron chi connectivity index (χ1n) is 5.66. The molecular weight excluding hydrogens is 250 g/mol. The van der Waals surface area contributed by atoms with E-state index in [0.29, 0.717) is 18.0 Å². The summed E-state index contributed by atoms with van der Waals surface area (Å²) in [7, 11) is 0. The Morgan fingerprint density at radius 1 is 1.61 bits per heavy atom. The third kappa shape index (κ3) is 3.66. The lowest BCUT2D eigenvalue weighted by Crippen LogP contribution is -2.30. The minimum atomic E-state index is -0.507. The number of nitrogens with two attached hydrogens (primary N) is 1. The second-order valence-electron chi connectivity index (χ2n) is 3.83. The molecule has 0 fully saturated rings. The van der Waals surface area contributed by atoms with Crippen molar-refractivity contribution >= 4 is 29.0 Å². The van der Waals surface area contributed by atoms with Gasteiger partial charge in [-0.2, -0.15) is 0 Å². The summed E-state index contributed by atoms with van der Waals surface area (Å²) in [5.41, 5.74) is 7.04. The Kier molecular flexibility index (Phi) is 5.03. The van der Waals surface area contributed by atoms with E-state index in [2.05, 4.69) is 10.3 Å². The normalized spacial score (nSPS) is 11.7. The van der Waals surface area contributed by atoms with Crippen LogP contribution < -0.4 is 11.1 Å². The van der Waals surface area contributed by atoms with Crippen LogP contribution in [0.5, 0.6) is 0 Å². The van der Waals surface area contributed by atoms with E-state index < -0.39 is 6.04 Å². The van der Waals surface area contributed by atoms with Crippen LogP contribution in [-0.2, 0) is 9.53 Å². The van der Waals surface area contributed by atoms with Crippen molar-refractivity contribution in [1.29, 1.82) is 0 Å². The summed E-state index contributed by atoms with van der Waals surface area (Å²) in [4.78, 5) is 16.1. The van der Waals surface area contributed by atoms with Gasteiger partial charge in [-0.15, -0.1) is 0 Å². The molecule has 1 aromatic rings. The zero-order valence-electron chi connectivity index (χ0n) is 10.7. The molecule has 0 aliphatic heterocycles. The lowest BCUT2D eigenvalue weighted by molar-refractivity contribution is -0.143. The number of rotatable bonds is 5. The summed E-state index contributed by atoms with van der Waals surface area (Å²) in [6, 6.07) is 3.09. The number of anilines is 1. The topological polar surface area (TPSA) is 77.2 Å². The van der Waals surface area contributed by atoms with Gasteiger partial charge in [0.1, 0.15) is 16.8 Å². The molecule has 0 aliphatic carbocycles. The first-order chi connectivity index (χ1) is 8.45. The van der Waals surface area contributed by atoms with Crippen LogP contribution in [0.2, 0.25) is 0 Å². The van der Waals surface area contributed by atoms with Crippen molar-refractivity contribution in [2.45, 2.75) is 26.8 Å². The molecule has 3 N–H and O–H groups in total. The number of ether oxygens (including phenoxy) is 1. The fourth-order valence-electron chi connectivity index (χ4n) is 1.40. The number of thiocarbonyl (C=S) groups is 1. The number of pyridine rings is 1. The van der Waals surface area contributed by atoms with Gasteiger partial charge in [0.2, 0.25) is 0 Å². The molecule has 0 bridgehead atoms. The number of aromatic nitrogens is 1. The summed E-state index contributed by atoms with van der Waals surface area (Å²) in [5.74, 6) is 0.165. The molecule has 1 atom stereocenters. The Morgan fingerprint density at radius 2 is 2.28 bits per heavy atom. The minimum Gasteiger partial charge on any atom is -0.464 e. The maximum absolute atomic E-state index is 11.5. The van der Waals surface area contributed by atoms with Gasteiger partial charge in [-0.3, -0.25) is 0 Å². The van der Waals surface area contributed by atoms with Crippen molar-refractivity contribution in [2.24, 2.45) is 5.73 Å². The Balaban J connectivity index is 2.92. The molecule has 0 spiro atoms. The van der Waals surface area contributed by atoms with E-state index in [9.17, 15) is 4.79 Å². The van der Waals surface area contributed by atoms with Crippen LogP contribution in [0.3, 0.4) is 0 Å². The zero-order valence-corrected chi connectivity index (χ0v) is 11.5. The molecule has 0 aromatic carbocycles.